The molecule has 0 atom stereocenters. The van der Waals surface area contributed by atoms with Crippen LogP contribution in [0.2, 0.25) is 0 Å². The van der Waals surface area contributed by atoms with E-state index in [0.717, 1.165) is 5.69 Å². The minimum absolute atomic E-state index is 0.321. The number of carbonyl (C=O) groups is 2. The number of rotatable bonds is 3. The second kappa shape index (κ2) is 7.57. The van der Waals surface area contributed by atoms with Gasteiger partial charge in [0.15, 0.2) is 0 Å². The Bertz CT molecular complexity index is 727. The van der Waals surface area contributed by atoms with E-state index in [9.17, 15) is 9.59 Å². The van der Waals surface area contributed by atoms with Crippen molar-refractivity contribution in [2.45, 2.75) is 31.6 Å². The Morgan fingerprint density at radius 2 is 1.75 bits per heavy atom. The van der Waals surface area contributed by atoms with Crippen LogP contribution in [0.15, 0.2) is 48.5 Å². The standard InChI is InChI=1S/C18H19BrN2O3/c1-18(2,3)21(15-11-7-10-14(12-19)20-15)17(23)24-16(22)13-8-5-4-6-9-13/h4-11H,12H2,1-3H3. The summed E-state index contributed by atoms with van der Waals surface area (Å²) in [6.45, 7) is 5.55. The number of hydrogen-bond donors (Lipinski definition) is 0. The van der Waals surface area contributed by atoms with Gasteiger partial charge in [0.05, 0.1) is 11.3 Å². The average Bonchev–Trinajstić information content (AvgIpc) is 2.54. The summed E-state index contributed by atoms with van der Waals surface area (Å²) >= 11 is 3.35. The Kier molecular flexibility index (Phi) is 5.72. The van der Waals surface area contributed by atoms with E-state index in [1.807, 2.05) is 32.9 Å². The summed E-state index contributed by atoms with van der Waals surface area (Å²) in [4.78, 5) is 30.5. The van der Waals surface area contributed by atoms with Gasteiger partial charge in [0, 0.05) is 10.9 Å². The fourth-order valence-electron chi connectivity index (χ4n) is 2.14. The predicted molar refractivity (Wildman–Crippen MR) is 96.4 cm³/mol. The van der Waals surface area contributed by atoms with Crippen LogP contribution >= 0.6 is 15.9 Å². The molecule has 0 spiro atoms. The number of carbonyl (C=O) groups excluding carboxylic acids is 2. The first-order valence-corrected chi connectivity index (χ1v) is 8.58. The summed E-state index contributed by atoms with van der Waals surface area (Å²) in [5.74, 6) is -0.253. The molecule has 2 aromatic rings. The lowest BCUT2D eigenvalue weighted by Crippen LogP contribution is -2.47. The van der Waals surface area contributed by atoms with Gasteiger partial charge in [0.2, 0.25) is 0 Å². The molecule has 126 valence electrons. The molecule has 0 saturated heterocycles. The molecule has 0 N–H and O–H groups in total. The second-order valence-electron chi connectivity index (χ2n) is 6.15. The van der Waals surface area contributed by atoms with E-state index >= 15 is 0 Å². The van der Waals surface area contributed by atoms with Gasteiger partial charge in [-0.2, -0.15) is 0 Å². The van der Waals surface area contributed by atoms with E-state index in [-0.39, 0.29) is 0 Å². The molecule has 0 unspecified atom stereocenters. The molecule has 0 bridgehead atoms. The van der Waals surface area contributed by atoms with Gasteiger partial charge in [-0.3, -0.25) is 4.90 Å². The maximum Gasteiger partial charge on any atom is 0.423 e. The Morgan fingerprint density at radius 1 is 1.08 bits per heavy atom. The molecule has 5 nitrogen and oxygen atoms in total. The highest BCUT2D eigenvalue weighted by Crippen LogP contribution is 2.24. The Labute approximate surface area is 149 Å². The summed E-state index contributed by atoms with van der Waals surface area (Å²) < 4.78 is 5.05. The average molecular weight is 391 g/mol. The molecule has 1 aromatic heterocycles. The Balaban J connectivity index is 2.28. The SMILES string of the molecule is CC(C)(C)N(C(=O)OC(=O)c1ccccc1)c1cccc(CBr)n1. The van der Waals surface area contributed by atoms with Crippen molar-refractivity contribution in [1.29, 1.82) is 0 Å². The number of esters is 1. The van der Waals surface area contributed by atoms with E-state index in [1.54, 1.807) is 36.4 Å². The number of hydrogen-bond acceptors (Lipinski definition) is 4. The third kappa shape index (κ3) is 4.41. The van der Waals surface area contributed by atoms with Gasteiger partial charge in [0.25, 0.3) is 0 Å². The monoisotopic (exact) mass is 390 g/mol. The number of alkyl halides is 1. The molecule has 0 fully saturated rings. The number of nitrogens with zero attached hydrogens (tertiary/aromatic N) is 2. The van der Waals surface area contributed by atoms with E-state index < -0.39 is 17.6 Å². The van der Waals surface area contributed by atoms with E-state index in [4.69, 9.17) is 4.74 Å². The number of halogens is 1. The van der Waals surface area contributed by atoms with E-state index in [2.05, 4.69) is 20.9 Å². The Hall–Kier alpha value is -2.21. The molecule has 24 heavy (non-hydrogen) atoms. The molecule has 0 aliphatic heterocycles. The minimum Gasteiger partial charge on any atom is -0.372 e. The normalized spacial score (nSPS) is 11.0. The highest BCUT2D eigenvalue weighted by Gasteiger charge is 2.32. The number of ether oxygens (including phenoxy) is 1. The van der Waals surface area contributed by atoms with Gasteiger partial charge < -0.3 is 4.74 Å². The van der Waals surface area contributed by atoms with Crippen LogP contribution in [-0.4, -0.2) is 22.6 Å². The lowest BCUT2D eigenvalue weighted by molar-refractivity contribution is 0.0627. The lowest BCUT2D eigenvalue weighted by Gasteiger charge is -2.33. The second-order valence-corrected chi connectivity index (χ2v) is 6.71. The van der Waals surface area contributed by atoms with Crippen LogP contribution in [0.25, 0.3) is 0 Å². The summed E-state index contributed by atoms with van der Waals surface area (Å²) in [5, 5.41) is 0.566. The number of benzene rings is 1. The lowest BCUT2D eigenvalue weighted by atomic mass is 10.1. The number of amides is 1. The van der Waals surface area contributed by atoms with Crippen molar-refractivity contribution >= 4 is 33.8 Å². The zero-order valence-corrected chi connectivity index (χ0v) is 15.4. The molecular weight excluding hydrogens is 372 g/mol. The molecule has 1 heterocycles. The van der Waals surface area contributed by atoms with Crippen LogP contribution in [0.4, 0.5) is 10.6 Å². The third-order valence-corrected chi connectivity index (χ3v) is 3.78. The number of aromatic nitrogens is 1. The van der Waals surface area contributed by atoms with Gasteiger partial charge in [-0.05, 0) is 45.0 Å². The summed E-state index contributed by atoms with van der Waals surface area (Å²) in [6.07, 6.45) is -0.754. The van der Waals surface area contributed by atoms with Crippen molar-refractivity contribution in [3.63, 3.8) is 0 Å². The van der Waals surface area contributed by atoms with Crippen LogP contribution in [0.5, 0.6) is 0 Å². The fourth-order valence-corrected chi connectivity index (χ4v) is 2.45. The van der Waals surface area contributed by atoms with E-state index in [1.165, 1.54) is 4.90 Å². The quantitative estimate of drug-likeness (QED) is 0.437. The van der Waals surface area contributed by atoms with Gasteiger partial charge >= 0.3 is 12.1 Å². The third-order valence-electron chi connectivity index (χ3n) is 3.20. The summed E-state index contributed by atoms with van der Waals surface area (Å²) in [5.41, 5.74) is 0.497. The first-order chi connectivity index (χ1) is 11.3. The maximum atomic E-state index is 12.6. The van der Waals surface area contributed by atoms with Gasteiger partial charge in [0.1, 0.15) is 5.82 Å². The van der Waals surface area contributed by atoms with Crippen molar-refractivity contribution < 1.29 is 14.3 Å². The largest absolute Gasteiger partial charge is 0.423 e. The van der Waals surface area contributed by atoms with Crippen molar-refractivity contribution in [3.8, 4) is 0 Å². The van der Waals surface area contributed by atoms with Crippen molar-refractivity contribution in [2.24, 2.45) is 0 Å². The van der Waals surface area contributed by atoms with Gasteiger partial charge in [-0.25, -0.2) is 14.6 Å². The van der Waals surface area contributed by atoms with Crippen molar-refractivity contribution in [3.05, 3.63) is 59.8 Å². The molecule has 2 rings (SSSR count). The first-order valence-electron chi connectivity index (χ1n) is 7.46. The highest BCUT2D eigenvalue weighted by molar-refractivity contribution is 9.08. The topological polar surface area (TPSA) is 59.5 Å². The number of anilines is 1. The van der Waals surface area contributed by atoms with Crippen molar-refractivity contribution in [2.75, 3.05) is 4.90 Å². The first kappa shape index (κ1) is 18.1. The highest BCUT2D eigenvalue weighted by atomic mass is 79.9. The minimum atomic E-state index is -0.754. The number of pyridine rings is 1. The van der Waals surface area contributed by atoms with Gasteiger partial charge in [-0.1, -0.05) is 40.2 Å². The van der Waals surface area contributed by atoms with Crippen molar-refractivity contribution in [1.82, 2.24) is 4.98 Å². The predicted octanol–water partition coefficient (Wildman–Crippen LogP) is 4.56. The molecule has 0 saturated carbocycles. The fraction of sp³-hybridized carbons (Fsp3) is 0.278. The van der Waals surface area contributed by atoms with Crippen LogP contribution in [-0.2, 0) is 10.1 Å². The van der Waals surface area contributed by atoms with Gasteiger partial charge in [-0.15, -0.1) is 0 Å². The molecule has 6 heteroatoms. The molecule has 0 aliphatic rings. The van der Waals surface area contributed by atoms with Crippen LogP contribution in [0.3, 0.4) is 0 Å². The maximum absolute atomic E-state index is 12.6. The smallest absolute Gasteiger partial charge is 0.372 e. The zero-order chi connectivity index (χ0) is 17.7. The molecule has 0 radical (unpaired) electrons. The Morgan fingerprint density at radius 3 is 2.33 bits per heavy atom. The van der Waals surface area contributed by atoms with Crippen LogP contribution in [0, 0.1) is 0 Å². The molecule has 0 aliphatic carbocycles. The molecule has 1 amide bonds. The summed E-state index contributed by atoms with van der Waals surface area (Å²) in [7, 11) is 0. The molecule has 1 aromatic carbocycles. The van der Waals surface area contributed by atoms with Crippen LogP contribution in [0.1, 0.15) is 36.8 Å². The zero-order valence-electron chi connectivity index (χ0n) is 13.8. The van der Waals surface area contributed by atoms with Crippen LogP contribution < -0.4 is 4.90 Å². The molecular formula is C18H19BrN2O3. The summed E-state index contributed by atoms with van der Waals surface area (Å²) in [6, 6.07) is 13.8. The van der Waals surface area contributed by atoms with E-state index in [0.29, 0.717) is 16.7 Å².